The largest absolute Gasteiger partial charge is 0.497 e. The van der Waals surface area contributed by atoms with E-state index in [1.165, 1.54) is 0 Å². The number of hydrogen-bond acceptors (Lipinski definition) is 7. The van der Waals surface area contributed by atoms with E-state index in [2.05, 4.69) is 31.5 Å². The lowest BCUT2D eigenvalue weighted by Crippen LogP contribution is -2.37. The Balaban J connectivity index is 1.71. The van der Waals surface area contributed by atoms with Crippen LogP contribution in [-0.4, -0.2) is 37.2 Å². The summed E-state index contributed by atoms with van der Waals surface area (Å²) in [4.78, 5) is 18.9. The molecule has 0 amide bonds. The molecule has 9 nitrogen and oxygen atoms in total. The van der Waals surface area contributed by atoms with Crippen LogP contribution in [0.4, 0.5) is 0 Å². The number of benzene rings is 2. The molecule has 5 rings (SSSR count). The summed E-state index contributed by atoms with van der Waals surface area (Å²) in [6.45, 7) is 9.10. The number of ether oxygens (including phenoxy) is 1. The highest BCUT2D eigenvalue weighted by atomic mass is 16.5. The van der Waals surface area contributed by atoms with Crippen LogP contribution in [0.1, 0.15) is 55.1 Å². The summed E-state index contributed by atoms with van der Waals surface area (Å²) >= 11 is 0. The average Bonchev–Trinajstić information content (AvgIpc) is 3.58. The second-order valence-electron chi connectivity index (χ2n) is 10.5. The minimum absolute atomic E-state index is 0.186. The van der Waals surface area contributed by atoms with Crippen LogP contribution in [0, 0.1) is 6.92 Å². The van der Waals surface area contributed by atoms with Crippen molar-refractivity contribution in [2.75, 3.05) is 7.11 Å². The zero-order valence-electron chi connectivity index (χ0n) is 22.3. The Labute approximate surface area is 221 Å². The Morgan fingerprint density at radius 1 is 1.08 bits per heavy atom. The lowest BCUT2D eigenvalue weighted by Gasteiger charge is -2.32. The van der Waals surface area contributed by atoms with Gasteiger partial charge in [-0.25, -0.2) is 4.68 Å². The highest BCUT2D eigenvalue weighted by Gasteiger charge is 2.34. The van der Waals surface area contributed by atoms with Crippen molar-refractivity contribution in [2.24, 2.45) is 0 Å². The number of aromatic amines is 1. The molecule has 38 heavy (non-hydrogen) atoms. The quantitative estimate of drug-likeness (QED) is 0.313. The van der Waals surface area contributed by atoms with Gasteiger partial charge >= 0.3 is 0 Å². The van der Waals surface area contributed by atoms with Gasteiger partial charge in [0.15, 0.2) is 5.82 Å². The fourth-order valence-corrected chi connectivity index (χ4v) is 4.69. The maximum atomic E-state index is 13.7. The van der Waals surface area contributed by atoms with Gasteiger partial charge in [0.25, 0.3) is 5.56 Å². The molecule has 1 unspecified atom stereocenters. The van der Waals surface area contributed by atoms with Crippen molar-refractivity contribution in [3.8, 4) is 5.75 Å². The standard InChI is InChI=1S/C29H32N6O3/c1-19-8-13-25-21(15-19)16-24(28(36)30-25)26(27-31-32-33-35(27)29(2,3)4)34(18-23-7-6-14-38-23)17-20-9-11-22(37-5)12-10-20/h6-16,26H,17-18H2,1-5H3,(H,30,36). The number of fused-ring (bicyclic) bond motifs is 1. The summed E-state index contributed by atoms with van der Waals surface area (Å²) in [5.74, 6) is 2.13. The molecule has 5 aromatic rings. The number of furan rings is 1. The molecule has 0 radical (unpaired) electrons. The average molecular weight is 513 g/mol. The Morgan fingerprint density at radius 2 is 1.87 bits per heavy atom. The van der Waals surface area contributed by atoms with E-state index in [-0.39, 0.29) is 5.56 Å². The molecule has 0 aliphatic carbocycles. The van der Waals surface area contributed by atoms with E-state index in [1.807, 2.05) is 82.3 Å². The van der Waals surface area contributed by atoms with E-state index in [4.69, 9.17) is 9.15 Å². The highest BCUT2D eigenvalue weighted by Crippen LogP contribution is 2.32. The van der Waals surface area contributed by atoms with Gasteiger partial charge in [0.1, 0.15) is 17.6 Å². The van der Waals surface area contributed by atoms with Crippen molar-refractivity contribution in [1.29, 1.82) is 0 Å². The normalized spacial score (nSPS) is 12.8. The fraction of sp³-hybridized carbons (Fsp3) is 0.310. The zero-order chi connectivity index (χ0) is 26.9. The maximum Gasteiger partial charge on any atom is 0.253 e. The van der Waals surface area contributed by atoms with E-state index in [0.717, 1.165) is 33.5 Å². The second-order valence-corrected chi connectivity index (χ2v) is 10.5. The Morgan fingerprint density at radius 3 is 2.55 bits per heavy atom. The predicted molar refractivity (Wildman–Crippen MR) is 145 cm³/mol. The summed E-state index contributed by atoms with van der Waals surface area (Å²) in [6, 6.07) is 19.1. The van der Waals surface area contributed by atoms with Crippen LogP contribution in [-0.2, 0) is 18.6 Å². The molecule has 0 saturated carbocycles. The van der Waals surface area contributed by atoms with Gasteiger partial charge < -0.3 is 14.1 Å². The number of pyridine rings is 1. The molecule has 0 aliphatic rings. The molecular weight excluding hydrogens is 480 g/mol. The molecule has 1 N–H and O–H groups in total. The molecule has 196 valence electrons. The molecule has 0 spiro atoms. The Hall–Kier alpha value is -4.24. The first-order valence-corrected chi connectivity index (χ1v) is 12.5. The number of rotatable bonds is 8. The van der Waals surface area contributed by atoms with E-state index < -0.39 is 11.6 Å². The first kappa shape index (κ1) is 25.4. The van der Waals surface area contributed by atoms with Crippen molar-refractivity contribution in [3.63, 3.8) is 0 Å². The molecular formula is C29H32N6O3. The second kappa shape index (κ2) is 10.3. The summed E-state index contributed by atoms with van der Waals surface area (Å²) < 4.78 is 12.9. The monoisotopic (exact) mass is 512 g/mol. The van der Waals surface area contributed by atoms with Crippen LogP contribution in [0.3, 0.4) is 0 Å². The number of tetrazole rings is 1. The molecule has 3 aromatic heterocycles. The van der Waals surface area contributed by atoms with Crippen LogP contribution >= 0.6 is 0 Å². The van der Waals surface area contributed by atoms with Crippen LogP contribution in [0.25, 0.3) is 10.9 Å². The van der Waals surface area contributed by atoms with Gasteiger partial charge in [-0.05, 0) is 91.5 Å². The lowest BCUT2D eigenvalue weighted by molar-refractivity contribution is 0.171. The smallest absolute Gasteiger partial charge is 0.253 e. The van der Waals surface area contributed by atoms with Gasteiger partial charge in [0, 0.05) is 17.6 Å². The van der Waals surface area contributed by atoms with Crippen LogP contribution < -0.4 is 10.3 Å². The molecule has 0 aliphatic heterocycles. The number of H-pyrrole nitrogens is 1. The van der Waals surface area contributed by atoms with Gasteiger partial charge in [-0.1, -0.05) is 23.8 Å². The molecule has 0 saturated heterocycles. The third-order valence-corrected chi connectivity index (χ3v) is 6.55. The first-order chi connectivity index (χ1) is 18.2. The Bertz CT molecular complexity index is 1580. The van der Waals surface area contributed by atoms with Gasteiger partial charge in [-0.15, -0.1) is 5.10 Å². The summed E-state index contributed by atoms with van der Waals surface area (Å²) in [7, 11) is 1.65. The Kier molecular flexibility index (Phi) is 6.86. The van der Waals surface area contributed by atoms with Crippen molar-refractivity contribution in [1.82, 2.24) is 30.1 Å². The number of aryl methyl sites for hydroxylation is 1. The molecule has 9 heteroatoms. The van der Waals surface area contributed by atoms with E-state index in [0.29, 0.717) is 24.5 Å². The highest BCUT2D eigenvalue weighted by molar-refractivity contribution is 5.79. The van der Waals surface area contributed by atoms with Crippen LogP contribution in [0.2, 0.25) is 0 Å². The van der Waals surface area contributed by atoms with Crippen molar-refractivity contribution >= 4 is 10.9 Å². The van der Waals surface area contributed by atoms with Gasteiger partial charge in [0.05, 0.1) is 25.5 Å². The van der Waals surface area contributed by atoms with Crippen molar-refractivity contribution in [2.45, 2.75) is 52.4 Å². The predicted octanol–water partition coefficient (Wildman–Crippen LogP) is 4.97. The van der Waals surface area contributed by atoms with Crippen LogP contribution in [0.15, 0.2) is 76.1 Å². The molecule has 0 bridgehead atoms. The molecule has 3 heterocycles. The summed E-state index contributed by atoms with van der Waals surface area (Å²) in [6.07, 6.45) is 1.65. The third-order valence-electron chi connectivity index (χ3n) is 6.55. The lowest BCUT2D eigenvalue weighted by atomic mass is 10.00. The maximum absolute atomic E-state index is 13.7. The van der Waals surface area contributed by atoms with E-state index in [1.54, 1.807) is 18.1 Å². The zero-order valence-corrected chi connectivity index (χ0v) is 22.3. The van der Waals surface area contributed by atoms with Crippen LogP contribution in [0.5, 0.6) is 5.75 Å². The first-order valence-electron chi connectivity index (χ1n) is 12.5. The molecule has 0 fully saturated rings. The number of nitrogens with one attached hydrogen (secondary N) is 1. The molecule has 1 atom stereocenters. The number of hydrogen-bond donors (Lipinski definition) is 1. The van der Waals surface area contributed by atoms with E-state index >= 15 is 0 Å². The van der Waals surface area contributed by atoms with Gasteiger partial charge in [0.2, 0.25) is 0 Å². The minimum atomic E-state index is -0.565. The van der Waals surface area contributed by atoms with Gasteiger partial charge in [-0.2, -0.15) is 0 Å². The third kappa shape index (κ3) is 5.24. The van der Waals surface area contributed by atoms with Crippen molar-refractivity contribution < 1.29 is 9.15 Å². The minimum Gasteiger partial charge on any atom is -0.497 e. The summed E-state index contributed by atoms with van der Waals surface area (Å²) in [5.41, 5.74) is 2.90. The van der Waals surface area contributed by atoms with Crippen molar-refractivity contribution in [3.05, 3.63) is 106 Å². The number of nitrogens with zero attached hydrogens (tertiary/aromatic N) is 5. The van der Waals surface area contributed by atoms with E-state index in [9.17, 15) is 4.79 Å². The molecule has 2 aromatic carbocycles. The fourth-order valence-electron chi connectivity index (χ4n) is 4.69. The topological polar surface area (TPSA) is 102 Å². The summed E-state index contributed by atoms with van der Waals surface area (Å²) in [5, 5.41) is 13.8. The number of methoxy groups -OCH3 is 1. The SMILES string of the molecule is COc1ccc(CN(Cc2ccco2)C(c2cc3cc(C)ccc3[nH]c2=O)c2nnnn2C(C)(C)C)cc1. The van der Waals surface area contributed by atoms with Gasteiger partial charge in [-0.3, -0.25) is 9.69 Å². The number of aromatic nitrogens is 5.